The molecule has 6 heteroatoms. The van der Waals surface area contributed by atoms with Gasteiger partial charge in [0.25, 0.3) is 0 Å². The minimum atomic E-state index is -0.784. The first-order chi connectivity index (χ1) is 9.40. The molecule has 0 amide bonds. The van der Waals surface area contributed by atoms with Gasteiger partial charge in [-0.25, -0.2) is 0 Å². The molecule has 6 nitrogen and oxygen atoms in total. The number of rotatable bonds is 11. The van der Waals surface area contributed by atoms with Gasteiger partial charge in [-0.3, -0.25) is 9.59 Å². The molecule has 20 heavy (non-hydrogen) atoms. The fourth-order valence-corrected chi connectivity index (χ4v) is 1.46. The van der Waals surface area contributed by atoms with Crippen molar-refractivity contribution in [2.45, 2.75) is 70.8 Å². The van der Waals surface area contributed by atoms with Crippen molar-refractivity contribution < 1.29 is 30.0 Å². The second kappa shape index (κ2) is 15.9. The summed E-state index contributed by atoms with van der Waals surface area (Å²) in [7, 11) is 0. The molecule has 0 spiro atoms. The minimum absolute atomic E-state index is 0.188. The highest BCUT2D eigenvalue weighted by Gasteiger charge is 1.98. The Kier molecular flexibility index (Phi) is 16.8. The van der Waals surface area contributed by atoms with Crippen LogP contribution in [0.25, 0.3) is 0 Å². The molecule has 0 fully saturated rings. The van der Waals surface area contributed by atoms with Gasteiger partial charge in [0, 0.05) is 19.4 Å². The lowest BCUT2D eigenvalue weighted by atomic mass is 10.1. The zero-order valence-electron chi connectivity index (χ0n) is 12.3. The van der Waals surface area contributed by atoms with E-state index in [4.69, 9.17) is 20.4 Å². The summed E-state index contributed by atoms with van der Waals surface area (Å²) in [4.78, 5) is 20.1. The largest absolute Gasteiger partial charge is 0.481 e. The van der Waals surface area contributed by atoms with E-state index in [0.29, 0.717) is 12.8 Å². The second-order valence-corrected chi connectivity index (χ2v) is 4.77. The van der Waals surface area contributed by atoms with Gasteiger partial charge in [-0.2, -0.15) is 0 Å². The van der Waals surface area contributed by atoms with E-state index in [2.05, 4.69) is 0 Å². The molecule has 0 saturated heterocycles. The summed E-state index contributed by atoms with van der Waals surface area (Å²) in [6, 6.07) is 0. The summed E-state index contributed by atoms with van der Waals surface area (Å²) in [5.74, 6) is -1.57. The van der Waals surface area contributed by atoms with Crippen LogP contribution in [0.15, 0.2) is 0 Å². The monoisotopic (exact) mass is 292 g/mol. The zero-order valence-corrected chi connectivity index (χ0v) is 12.3. The van der Waals surface area contributed by atoms with Crippen molar-refractivity contribution in [1.29, 1.82) is 0 Å². The van der Waals surface area contributed by atoms with E-state index in [1.807, 2.05) is 0 Å². The fourth-order valence-electron chi connectivity index (χ4n) is 1.46. The van der Waals surface area contributed by atoms with Crippen LogP contribution in [0.1, 0.15) is 64.7 Å². The van der Waals surface area contributed by atoms with E-state index in [-0.39, 0.29) is 25.6 Å². The lowest BCUT2D eigenvalue weighted by molar-refractivity contribution is -0.138. The van der Waals surface area contributed by atoms with Gasteiger partial charge in [-0.1, -0.05) is 12.8 Å². The highest BCUT2D eigenvalue weighted by atomic mass is 16.4. The minimum Gasteiger partial charge on any atom is -0.481 e. The van der Waals surface area contributed by atoms with Gasteiger partial charge >= 0.3 is 11.9 Å². The van der Waals surface area contributed by atoms with Crippen LogP contribution >= 0.6 is 0 Å². The van der Waals surface area contributed by atoms with Gasteiger partial charge in [0.1, 0.15) is 0 Å². The lowest BCUT2D eigenvalue weighted by Crippen LogP contribution is -1.98. The van der Waals surface area contributed by atoms with Gasteiger partial charge in [-0.15, -0.1) is 0 Å². The Morgan fingerprint density at radius 2 is 1.30 bits per heavy atom. The zero-order chi connectivity index (χ0) is 15.8. The first kappa shape index (κ1) is 21.2. The second-order valence-electron chi connectivity index (χ2n) is 4.77. The summed E-state index contributed by atoms with van der Waals surface area (Å²) in [5.41, 5.74) is 0. The standard InChI is InChI=1S/C8H14O4.C6H14O2/c9-7(10)5-3-1-2-4-6-8(11)12;1-6(8)4-2-3-5-7/h1-6H2,(H,9,10)(H,11,12);6-8H,2-5H2,1H3. The van der Waals surface area contributed by atoms with Crippen LogP contribution in [0.5, 0.6) is 0 Å². The molecule has 0 heterocycles. The Morgan fingerprint density at radius 1 is 0.850 bits per heavy atom. The van der Waals surface area contributed by atoms with Crippen LogP contribution in [0.3, 0.4) is 0 Å². The average molecular weight is 292 g/mol. The van der Waals surface area contributed by atoms with E-state index in [9.17, 15) is 9.59 Å². The maximum Gasteiger partial charge on any atom is 0.303 e. The van der Waals surface area contributed by atoms with Crippen molar-refractivity contribution >= 4 is 11.9 Å². The number of aliphatic carboxylic acids is 2. The first-order valence-corrected chi connectivity index (χ1v) is 7.12. The molecule has 0 radical (unpaired) electrons. The first-order valence-electron chi connectivity index (χ1n) is 7.12. The predicted octanol–water partition coefficient (Wildman–Crippen LogP) is 2.03. The third-order valence-corrected chi connectivity index (χ3v) is 2.56. The maximum absolute atomic E-state index is 10.0. The fraction of sp³-hybridized carbons (Fsp3) is 0.857. The van der Waals surface area contributed by atoms with Gasteiger partial charge in [0.05, 0.1) is 6.10 Å². The number of carbonyl (C=O) groups is 2. The molecule has 0 aliphatic rings. The number of unbranched alkanes of at least 4 members (excludes halogenated alkanes) is 4. The van der Waals surface area contributed by atoms with Crippen LogP contribution in [0.2, 0.25) is 0 Å². The normalized spacial score (nSPS) is 11.3. The van der Waals surface area contributed by atoms with E-state index < -0.39 is 11.9 Å². The molecule has 0 saturated carbocycles. The Balaban J connectivity index is 0. The molecule has 120 valence electrons. The number of carboxylic acids is 2. The summed E-state index contributed by atoms with van der Waals surface area (Å²) < 4.78 is 0. The SMILES string of the molecule is CC(O)CCCCO.O=C(O)CCCCCCC(=O)O. The number of hydrogen-bond acceptors (Lipinski definition) is 4. The quantitative estimate of drug-likeness (QED) is 0.433. The Morgan fingerprint density at radius 3 is 1.60 bits per heavy atom. The van der Waals surface area contributed by atoms with E-state index in [0.717, 1.165) is 32.1 Å². The molecule has 1 unspecified atom stereocenters. The summed E-state index contributed by atoms with van der Waals surface area (Å²) in [6.07, 6.45) is 5.62. The topological polar surface area (TPSA) is 115 Å². The molecule has 0 aromatic heterocycles. The van der Waals surface area contributed by atoms with Crippen molar-refractivity contribution in [3.8, 4) is 0 Å². The van der Waals surface area contributed by atoms with Crippen LogP contribution in [0.4, 0.5) is 0 Å². The Hall–Kier alpha value is -1.14. The van der Waals surface area contributed by atoms with Gasteiger partial charge in [0.2, 0.25) is 0 Å². The number of aliphatic hydroxyl groups excluding tert-OH is 2. The predicted molar refractivity (Wildman–Crippen MR) is 75.6 cm³/mol. The highest BCUT2D eigenvalue weighted by Crippen LogP contribution is 2.04. The van der Waals surface area contributed by atoms with Crippen LogP contribution < -0.4 is 0 Å². The van der Waals surface area contributed by atoms with Crippen molar-refractivity contribution in [1.82, 2.24) is 0 Å². The molecular formula is C14H28O6. The van der Waals surface area contributed by atoms with E-state index in [1.54, 1.807) is 6.92 Å². The highest BCUT2D eigenvalue weighted by molar-refractivity contribution is 5.66. The van der Waals surface area contributed by atoms with Crippen molar-refractivity contribution in [2.75, 3.05) is 6.61 Å². The smallest absolute Gasteiger partial charge is 0.303 e. The maximum atomic E-state index is 10.0. The third kappa shape index (κ3) is 25.6. The van der Waals surface area contributed by atoms with Crippen LogP contribution in [-0.2, 0) is 9.59 Å². The van der Waals surface area contributed by atoms with Crippen LogP contribution in [0, 0.1) is 0 Å². The molecule has 1 atom stereocenters. The van der Waals surface area contributed by atoms with Crippen LogP contribution in [-0.4, -0.2) is 45.1 Å². The van der Waals surface area contributed by atoms with Crippen molar-refractivity contribution in [3.05, 3.63) is 0 Å². The van der Waals surface area contributed by atoms with E-state index >= 15 is 0 Å². The summed E-state index contributed by atoms with van der Waals surface area (Å²) in [6.45, 7) is 2.00. The molecule has 4 N–H and O–H groups in total. The lowest BCUT2D eigenvalue weighted by Gasteiger charge is -1.99. The van der Waals surface area contributed by atoms with Gasteiger partial charge in [0.15, 0.2) is 0 Å². The Bertz CT molecular complexity index is 222. The molecule has 0 aliphatic carbocycles. The molecule has 0 rings (SSSR count). The summed E-state index contributed by atoms with van der Waals surface area (Å²) >= 11 is 0. The number of aliphatic hydroxyl groups is 2. The molecule has 0 aromatic rings. The summed E-state index contributed by atoms with van der Waals surface area (Å²) in [5, 5.41) is 33.5. The van der Waals surface area contributed by atoms with Gasteiger partial charge in [-0.05, 0) is 39.0 Å². The Labute approximate surface area is 120 Å². The average Bonchev–Trinajstić information content (AvgIpc) is 2.33. The van der Waals surface area contributed by atoms with E-state index in [1.165, 1.54) is 0 Å². The van der Waals surface area contributed by atoms with Gasteiger partial charge < -0.3 is 20.4 Å². The molecule has 0 aliphatic heterocycles. The molecule has 0 bridgehead atoms. The van der Waals surface area contributed by atoms with Crippen molar-refractivity contribution in [2.24, 2.45) is 0 Å². The number of carboxylic acid groups (broad SMARTS) is 2. The number of hydrogen-bond donors (Lipinski definition) is 4. The van der Waals surface area contributed by atoms with Crippen molar-refractivity contribution in [3.63, 3.8) is 0 Å². The third-order valence-electron chi connectivity index (χ3n) is 2.56. The molecular weight excluding hydrogens is 264 g/mol. The molecule has 0 aromatic carbocycles.